The van der Waals surface area contributed by atoms with Crippen molar-refractivity contribution in [1.82, 2.24) is 5.06 Å². The predicted octanol–water partition coefficient (Wildman–Crippen LogP) is 3.21. The Morgan fingerprint density at radius 2 is 1.85 bits per heavy atom. The number of hydroxylamine groups is 2. The number of nitrogens with zero attached hydrogens (tertiary/aromatic N) is 2. The first-order valence-corrected chi connectivity index (χ1v) is 7.06. The Bertz CT molecular complexity index is 567. The standard InChI is InChI=1S/C16H22N2O2/c1-6-20-18-14(19-5)11-17-13-10-8-7-9-12(13)15(2,3)16(17,18)4/h7-11H,6H2,1-5H3. The van der Waals surface area contributed by atoms with E-state index in [1.807, 2.05) is 18.2 Å². The van der Waals surface area contributed by atoms with E-state index in [2.05, 4.69) is 49.9 Å². The van der Waals surface area contributed by atoms with Gasteiger partial charge in [-0.3, -0.25) is 4.84 Å². The summed E-state index contributed by atoms with van der Waals surface area (Å²) in [6.45, 7) is 9.31. The molecule has 0 bridgehead atoms. The lowest BCUT2D eigenvalue weighted by Gasteiger charge is -2.45. The lowest BCUT2D eigenvalue weighted by molar-refractivity contribution is -0.217. The first kappa shape index (κ1) is 13.3. The van der Waals surface area contributed by atoms with Gasteiger partial charge in [-0.05, 0) is 25.5 Å². The van der Waals surface area contributed by atoms with Gasteiger partial charge in [-0.15, -0.1) is 0 Å². The Morgan fingerprint density at radius 3 is 2.50 bits per heavy atom. The molecule has 1 unspecified atom stereocenters. The van der Waals surface area contributed by atoms with Gasteiger partial charge in [0.15, 0.2) is 5.66 Å². The van der Waals surface area contributed by atoms with Gasteiger partial charge in [-0.2, -0.15) is 5.06 Å². The van der Waals surface area contributed by atoms with Gasteiger partial charge in [0.1, 0.15) is 0 Å². The van der Waals surface area contributed by atoms with Crippen molar-refractivity contribution in [2.75, 3.05) is 18.6 Å². The fraction of sp³-hybridized carbons (Fsp3) is 0.500. The maximum atomic E-state index is 5.89. The maximum absolute atomic E-state index is 5.89. The van der Waals surface area contributed by atoms with Crippen LogP contribution in [0.4, 0.5) is 5.69 Å². The molecular formula is C16H22N2O2. The Kier molecular flexibility index (Phi) is 2.77. The van der Waals surface area contributed by atoms with Gasteiger partial charge in [0.05, 0.1) is 19.9 Å². The van der Waals surface area contributed by atoms with Crippen LogP contribution in [0.3, 0.4) is 0 Å². The molecule has 0 saturated carbocycles. The second-order valence-corrected chi connectivity index (χ2v) is 5.92. The number of para-hydroxylation sites is 1. The van der Waals surface area contributed by atoms with E-state index < -0.39 is 0 Å². The summed E-state index contributed by atoms with van der Waals surface area (Å²) in [5.74, 6) is 0.747. The largest absolute Gasteiger partial charge is 0.480 e. The van der Waals surface area contributed by atoms with Crippen LogP contribution >= 0.6 is 0 Å². The molecule has 1 aromatic rings. The minimum atomic E-state index is -0.321. The number of fused-ring (bicyclic) bond motifs is 3. The van der Waals surface area contributed by atoms with Crippen LogP contribution < -0.4 is 4.90 Å². The molecule has 0 fully saturated rings. The Labute approximate surface area is 120 Å². The molecule has 1 aromatic carbocycles. The zero-order chi connectivity index (χ0) is 14.5. The minimum absolute atomic E-state index is 0.0878. The molecule has 3 rings (SSSR count). The average Bonchev–Trinajstić information content (AvgIpc) is 2.82. The Hall–Kier alpha value is -1.68. The third-order valence-electron chi connectivity index (χ3n) is 4.79. The van der Waals surface area contributed by atoms with Crippen molar-refractivity contribution in [2.24, 2.45) is 0 Å². The Morgan fingerprint density at radius 1 is 1.15 bits per heavy atom. The van der Waals surface area contributed by atoms with E-state index >= 15 is 0 Å². The summed E-state index contributed by atoms with van der Waals surface area (Å²) < 4.78 is 5.51. The highest BCUT2D eigenvalue weighted by Crippen LogP contribution is 2.56. The molecule has 4 nitrogen and oxygen atoms in total. The molecule has 0 radical (unpaired) electrons. The fourth-order valence-electron chi connectivity index (χ4n) is 3.38. The number of ether oxygens (including phenoxy) is 1. The molecule has 2 aliphatic rings. The van der Waals surface area contributed by atoms with E-state index in [4.69, 9.17) is 9.57 Å². The van der Waals surface area contributed by atoms with Crippen LogP contribution in [0, 0.1) is 0 Å². The highest BCUT2D eigenvalue weighted by atomic mass is 16.7. The molecule has 0 aromatic heterocycles. The van der Waals surface area contributed by atoms with Crippen molar-refractivity contribution in [3.05, 3.63) is 41.9 Å². The summed E-state index contributed by atoms with van der Waals surface area (Å²) in [7, 11) is 1.68. The molecule has 20 heavy (non-hydrogen) atoms. The average molecular weight is 274 g/mol. The van der Waals surface area contributed by atoms with E-state index in [9.17, 15) is 0 Å². The zero-order valence-electron chi connectivity index (χ0n) is 12.8. The van der Waals surface area contributed by atoms with Crippen molar-refractivity contribution in [2.45, 2.75) is 38.8 Å². The number of methoxy groups -OCH3 is 1. The number of anilines is 1. The third kappa shape index (κ3) is 1.35. The smallest absolute Gasteiger partial charge is 0.232 e. The molecule has 0 amide bonds. The van der Waals surface area contributed by atoms with Crippen LogP contribution in [0.15, 0.2) is 36.3 Å². The quantitative estimate of drug-likeness (QED) is 0.845. The second kappa shape index (κ2) is 4.16. The number of hydrogen-bond donors (Lipinski definition) is 0. The first-order chi connectivity index (χ1) is 9.48. The number of benzene rings is 1. The minimum Gasteiger partial charge on any atom is -0.480 e. The molecule has 0 aliphatic carbocycles. The molecule has 2 aliphatic heterocycles. The first-order valence-electron chi connectivity index (χ1n) is 7.06. The van der Waals surface area contributed by atoms with Crippen molar-refractivity contribution >= 4 is 5.69 Å². The Balaban J connectivity index is 2.19. The van der Waals surface area contributed by atoms with Crippen molar-refractivity contribution in [3.8, 4) is 0 Å². The number of rotatable bonds is 3. The van der Waals surface area contributed by atoms with E-state index in [-0.39, 0.29) is 11.1 Å². The van der Waals surface area contributed by atoms with Crippen molar-refractivity contribution in [3.63, 3.8) is 0 Å². The molecule has 2 heterocycles. The summed E-state index contributed by atoms with van der Waals surface area (Å²) in [6, 6.07) is 8.52. The van der Waals surface area contributed by atoms with Crippen LogP contribution in [-0.2, 0) is 15.0 Å². The van der Waals surface area contributed by atoms with Gasteiger partial charge in [0.2, 0.25) is 5.88 Å². The lowest BCUT2D eigenvalue weighted by atomic mass is 9.76. The summed E-state index contributed by atoms with van der Waals surface area (Å²) in [5.41, 5.74) is 2.14. The van der Waals surface area contributed by atoms with E-state index in [0.717, 1.165) is 5.88 Å². The van der Waals surface area contributed by atoms with Crippen LogP contribution in [0.1, 0.15) is 33.3 Å². The van der Waals surface area contributed by atoms with E-state index in [1.165, 1.54) is 11.3 Å². The summed E-state index contributed by atoms with van der Waals surface area (Å²) in [4.78, 5) is 8.15. The summed E-state index contributed by atoms with van der Waals surface area (Å²) >= 11 is 0. The van der Waals surface area contributed by atoms with Gasteiger partial charge >= 0.3 is 0 Å². The molecule has 1 atom stereocenters. The van der Waals surface area contributed by atoms with Crippen LogP contribution in [0.2, 0.25) is 0 Å². The van der Waals surface area contributed by atoms with Gasteiger partial charge in [0, 0.05) is 11.1 Å². The number of hydrogen-bond acceptors (Lipinski definition) is 4. The van der Waals surface area contributed by atoms with Gasteiger partial charge in [-0.25, -0.2) is 0 Å². The van der Waals surface area contributed by atoms with Gasteiger partial charge in [0.25, 0.3) is 0 Å². The molecule has 4 heteroatoms. The lowest BCUT2D eigenvalue weighted by Crippen LogP contribution is -2.59. The van der Waals surface area contributed by atoms with Gasteiger partial charge < -0.3 is 9.64 Å². The van der Waals surface area contributed by atoms with Crippen LogP contribution in [-0.4, -0.2) is 24.4 Å². The highest BCUT2D eigenvalue weighted by Gasteiger charge is 2.61. The zero-order valence-corrected chi connectivity index (χ0v) is 12.8. The molecule has 0 spiro atoms. The van der Waals surface area contributed by atoms with E-state index in [0.29, 0.717) is 6.61 Å². The van der Waals surface area contributed by atoms with E-state index in [1.54, 1.807) is 7.11 Å². The SMILES string of the molecule is CCON1C(OC)=CN2c3ccccc3C(C)(C)C12C. The van der Waals surface area contributed by atoms with Gasteiger partial charge in [-0.1, -0.05) is 32.0 Å². The van der Waals surface area contributed by atoms with Crippen LogP contribution in [0.5, 0.6) is 0 Å². The predicted molar refractivity (Wildman–Crippen MR) is 78.9 cm³/mol. The molecule has 108 valence electrons. The monoisotopic (exact) mass is 274 g/mol. The van der Waals surface area contributed by atoms with Crippen molar-refractivity contribution in [1.29, 1.82) is 0 Å². The highest BCUT2D eigenvalue weighted by molar-refractivity contribution is 5.69. The third-order valence-corrected chi connectivity index (χ3v) is 4.79. The molecule has 0 N–H and O–H groups in total. The van der Waals surface area contributed by atoms with Crippen molar-refractivity contribution < 1.29 is 9.57 Å². The normalized spacial score (nSPS) is 26.4. The molecular weight excluding hydrogens is 252 g/mol. The second-order valence-electron chi connectivity index (χ2n) is 5.92. The molecule has 0 saturated heterocycles. The maximum Gasteiger partial charge on any atom is 0.232 e. The summed E-state index contributed by atoms with van der Waals surface area (Å²) in [5, 5.41) is 1.91. The topological polar surface area (TPSA) is 24.9 Å². The summed E-state index contributed by atoms with van der Waals surface area (Å²) in [6.07, 6.45) is 2.03. The fourth-order valence-corrected chi connectivity index (χ4v) is 3.38. The van der Waals surface area contributed by atoms with Crippen LogP contribution in [0.25, 0.3) is 0 Å².